The van der Waals surface area contributed by atoms with Gasteiger partial charge in [-0.15, -0.1) is 0 Å². The van der Waals surface area contributed by atoms with Crippen molar-refractivity contribution in [1.82, 2.24) is 0 Å². The minimum atomic E-state index is -0.546. The number of benzene rings is 2. The third kappa shape index (κ3) is 4.12. The van der Waals surface area contributed by atoms with Gasteiger partial charge in [0.1, 0.15) is 16.7 Å². The first kappa shape index (κ1) is 19.8. The standard InChI is InChI=1S/C20H21N3O4S/c1-21-20(22-15-6-4-5-7-16(15)27-3)28-17-12-18(24)23(19(17)25)13-8-10-14(26-2)11-9-13/h4-11,17H,12H2,1-3H3,(H,21,22)/t17-/m1/s1. The van der Waals surface area contributed by atoms with Crippen LogP contribution in [0.1, 0.15) is 6.42 Å². The Kier molecular flexibility index (Phi) is 6.20. The summed E-state index contributed by atoms with van der Waals surface area (Å²) in [6, 6.07) is 14.3. The second kappa shape index (κ2) is 8.79. The molecule has 1 aliphatic rings. The van der Waals surface area contributed by atoms with Gasteiger partial charge in [0.15, 0.2) is 5.17 Å². The highest BCUT2D eigenvalue weighted by molar-refractivity contribution is 8.15. The van der Waals surface area contributed by atoms with Crippen molar-refractivity contribution in [3.63, 3.8) is 0 Å². The number of nitrogens with one attached hydrogen (secondary N) is 1. The number of ether oxygens (including phenoxy) is 2. The summed E-state index contributed by atoms with van der Waals surface area (Å²) in [7, 11) is 4.78. The van der Waals surface area contributed by atoms with Crippen LogP contribution in [0.4, 0.5) is 11.4 Å². The van der Waals surface area contributed by atoms with Gasteiger partial charge in [-0.25, -0.2) is 4.90 Å². The average molecular weight is 399 g/mol. The van der Waals surface area contributed by atoms with E-state index in [0.717, 1.165) is 5.69 Å². The smallest absolute Gasteiger partial charge is 0.247 e. The lowest BCUT2D eigenvalue weighted by molar-refractivity contribution is -0.121. The molecule has 0 bridgehead atoms. The van der Waals surface area contributed by atoms with E-state index in [2.05, 4.69) is 10.3 Å². The van der Waals surface area contributed by atoms with Crippen molar-refractivity contribution < 1.29 is 19.1 Å². The van der Waals surface area contributed by atoms with Crippen LogP contribution < -0.4 is 19.7 Å². The number of aliphatic imine (C=N–C) groups is 1. The molecule has 28 heavy (non-hydrogen) atoms. The van der Waals surface area contributed by atoms with Gasteiger partial charge in [0, 0.05) is 13.5 Å². The molecule has 3 rings (SSSR count). The van der Waals surface area contributed by atoms with Crippen LogP contribution in [-0.4, -0.2) is 43.5 Å². The van der Waals surface area contributed by atoms with Gasteiger partial charge >= 0.3 is 0 Å². The van der Waals surface area contributed by atoms with E-state index in [-0.39, 0.29) is 18.2 Å². The van der Waals surface area contributed by atoms with Crippen LogP contribution in [0.15, 0.2) is 53.5 Å². The molecule has 2 amide bonds. The third-order valence-corrected chi connectivity index (χ3v) is 5.40. The fourth-order valence-corrected chi connectivity index (χ4v) is 3.81. The molecule has 1 fully saturated rings. The van der Waals surface area contributed by atoms with Crippen molar-refractivity contribution >= 4 is 40.1 Å². The van der Waals surface area contributed by atoms with Crippen LogP contribution in [-0.2, 0) is 9.59 Å². The zero-order valence-corrected chi connectivity index (χ0v) is 16.7. The molecule has 1 N–H and O–H groups in total. The molecule has 7 nitrogen and oxygen atoms in total. The van der Waals surface area contributed by atoms with Gasteiger partial charge in [0.05, 0.1) is 25.6 Å². The predicted molar refractivity (Wildman–Crippen MR) is 111 cm³/mol. The summed E-state index contributed by atoms with van der Waals surface area (Å²) in [5, 5.41) is 3.16. The van der Waals surface area contributed by atoms with Crippen LogP contribution in [0.3, 0.4) is 0 Å². The van der Waals surface area contributed by atoms with E-state index >= 15 is 0 Å². The molecule has 0 radical (unpaired) electrons. The van der Waals surface area contributed by atoms with Gasteiger partial charge in [0.2, 0.25) is 11.8 Å². The van der Waals surface area contributed by atoms with Gasteiger partial charge in [-0.05, 0) is 36.4 Å². The molecule has 8 heteroatoms. The molecule has 1 heterocycles. The minimum absolute atomic E-state index is 0.113. The van der Waals surface area contributed by atoms with Gasteiger partial charge in [-0.1, -0.05) is 23.9 Å². The van der Waals surface area contributed by atoms with Crippen molar-refractivity contribution in [2.75, 3.05) is 31.5 Å². The van der Waals surface area contributed by atoms with Gasteiger partial charge < -0.3 is 14.8 Å². The number of carbonyl (C=O) groups excluding carboxylic acids is 2. The molecular formula is C20H21N3O4S. The number of hydrogen-bond acceptors (Lipinski definition) is 6. The second-order valence-corrected chi connectivity index (χ2v) is 7.12. The van der Waals surface area contributed by atoms with Gasteiger partial charge in [-0.2, -0.15) is 0 Å². The number of amides is 2. The number of anilines is 2. The average Bonchev–Trinajstić information content (AvgIpc) is 3.00. The molecule has 0 spiro atoms. The lowest BCUT2D eigenvalue weighted by atomic mass is 10.3. The Morgan fingerprint density at radius 1 is 1.11 bits per heavy atom. The molecular weight excluding hydrogens is 378 g/mol. The van der Waals surface area contributed by atoms with Crippen LogP contribution in [0.25, 0.3) is 0 Å². The Labute approximate surface area is 167 Å². The second-order valence-electron chi connectivity index (χ2n) is 5.93. The normalized spacial score (nSPS) is 17.0. The number of nitrogens with zero attached hydrogens (tertiary/aromatic N) is 2. The molecule has 0 saturated carbocycles. The molecule has 0 aromatic heterocycles. The summed E-state index contributed by atoms with van der Waals surface area (Å²) in [5.41, 5.74) is 1.27. The highest BCUT2D eigenvalue weighted by atomic mass is 32.2. The Bertz CT molecular complexity index is 899. The summed E-state index contributed by atoms with van der Waals surface area (Å²) < 4.78 is 10.4. The van der Waals surface area contributed by atoms with E-state index < -0.39 is 5.25 Å². The monoisotopic (exact) mass is 399 g/mol. The van der Waals surface area contributed by atoms with E-state index in [0.29, 0.717) is 22.4 Å². The number of para-hydroxylation sites is 2. The van der Waals surface area contributed by atoms with E-state index in [4.69, 9.17) is 9.47 Å². The Morgan fingerprint density at radius 3 is 2.46 bits per heavy atom. The maximum Gasteiger partial charge on any atom is 0.247 e. The summed E-state index contributed by atoms with van der Waals surface area (Å²) in [4.78, 5) is 30.7. The number of carbonyl (C=O) groups is 2. The minimum Gasteiger partial charge on any atom is -0.497 e. The van der Waals surface area contributed by atoms with Crippen molar-refractivity contribution in [3.05, 3.63) is 48.5 Å². The molecule has 1 saturated heterocycles. The lowest BCUT2D eigenvalue weighted by Crippen LogP contribution is -2.31. The van der Waals surface area contributed by atoms with Crippen molar-refractivity contribution in [2.24, 2.45) is 4.99 Å². The summed E-state index contributed by atoms with van der Waals surface area (Å²) in [6.45, 7) is 0. The molecule has 1 atom stereocenters. The molecule has 0 aliphatic carbocycles. The summed E-state index contributed by atoms with van der Waals surface area (Å²) >= 11 is 1.23. The molecule has 0 unspecified atom stereocenters. The lowest BCUT2D eigenvalue weighted by Gasteiger charge is -2.16. The van der Waals surface area contributed by atoms with Crippen LogP contribution >= 0.6 is 11.8 Å². The first-order valence-corrected chi connectivity index (χ1v) is 9.49. The Balaban J connectivity index is 1.73. The Morgan fingerprint density at radius 2 is 1.82 bits per heavy atom. The quantitative estimate of drug-likeness (QED) is 0.473. The zero-order chi connectivity index (χ0) is 20.1. The number of methoxy groups -OCH3 is 2. The summed E-state index contributed by atoms with van der Waals surface area (Å²) in [6.07, 6.45) is 0.113. The predicted octanol–water partition coefficient (Wildman–Crippen LogP) is 3.17. The Hall–Kier alpha value is -3.00. The molecule has 1 aliphatic heterocycles. The largest absolute Gasteiger partial charge is 0.497 e. The van der Waals surface area contributed by atoms with E-state index in [9.17, 15) is 9.59 Å². The number of rotatable bonds is 5. The van der Waals surface area contributed by atoms with E-state index in [1.165, 1.54) is 16.7 Å². The third-order valence-electron chi connectivity index (χ3n) is 4.24. The maximum absolute atomic E-state index is 12.8. The molecule has 2 aromatic carbocycles. The number of imide groups is 1. The van der Waals surface area contributed by atoms with Crippen LogP contribution in [0, 0.1) is 0 Å². The van der Waals surface area contributed by atoms with E-state index in [1.54, 1.807) is 45.5 Å². The fourth-order valence-electron chi connectivity index (χ4n) is 2.83. The van der Waals surface area contributed by atoms with Crippen molar-refractivity contribution in [2.45, 2.75) is 11.7 Å². The maximum atomic E-state index is 12.8. The fraction of sp³-hybridized carbons (Fsp3) is 0.250. The number of hydrogen-bond donors (Lipinski definition) is 1. The zero-order valence-electron chi connectivity index (χ0n) is 15.8. The van der Waals surface area contributed by atoms with Crippen LogP contribution in [0.5, 0.6) is 11.5 Å². The first-order valence-electron chi connectivity index (χ1n) is 8.61. The molecule has 146 valence electrons. The van der Waals surface area contributed by atoms with E-state index in [1.807, 2.05) is 24.3 Å². The number of thioether (sulfide) groups is 1. The van der Waals surface area contributed by atoms with Crippen molar-refractivity contribution in [1.29, 1.82) is 0 Å². The van der Waals surface area contributed by atoms with Gasteiger partial charge in [-0.3, -0.25) is 14.6 Å². The molecule has 2 aromatic rings. The SMILES string of the molecule is CN=C(Nc1ccccc1OC)S[C@@H]1CC(=O)N(c2ccc(OC)cc2)C1=O. The van der Waals surface area contributed by atoms with Crippen LogP contribution in [0.2, 0.25) is 0 Å². The summed E-state index contributed by atoms with van der Waals surface area (Å²) in [5.74, 6) is 0.830. The first-order chi connectivity index (χ1) is 13.6. The topological polar surface area (TPSA) is 80.2 Å². The van der Waals surface area contributed by atoms with Gasteiger partial charge in [0.25, 0.3) is 0 Å². The highest BCUT2D eigenvalue weighted by Gasteiger charge is 2.40. The number of amidine groups is 1. The highest BCUT2D eigenvalue weighted by Crippen LogP contribution is 2.32. The van der Waals surface area contributed by atoms with Crippen molar-refractivity contribution in [3.8, 4) is 11.5 Å².